The van der Waals surface area contributed by atoms with Crippen LogP contribution in [0.5, 0.6) is 5.75 Å². The molecule has 0 aliphatic heterocycles. The minimum atomic E-state index is -0.589. The zero-order valence-electron chi connectivity index (χ0n) is 18.7. The number of carbonyl (C=O) groups excluding carboxylic acids is 2. The zero-order chi connectivity index (χ0) is 23.8. The summed E-state index contributed by atoms with van der Waals surface area (Å²) in [5.41, 5.74) is 0.638. The van der Waals surface area contributed by atoms with E-state index in [9.17, 15) is 14.0 Å². The first-order valence-electron chi connectivity index (χ1n) is 10.6. The molecule has 0 spiro atoms. The van der Waals surface area contributed by atoms with Crippen LogP contribution in [0, 0.1) is 5.82 Å². The van der Waals surface area contributed by atoms with Gasteiger partial charge in [-0.1, -0.05) is 23.9 Å². The Morgan fingerprint density at radius 2 is 1.85 bits per heavy atom. The molecule has 0 saturated carbocycles. The van der Waals surface area contributed by atoms with Crippen LogP contribution in [0.4, 0.5) is 10.1 Å². The van der Waals surface area contributed by atoms with Crippen molar-refractivity contribution < 1.29 is 18.7 Å². The highest BCUT2D eigenvalue weighted by atomic mass is 32.2. The van der Waals surface area contributed by atoms with E-state index >= 15 is 0 Å². The highest BCUT2D eigenvalue weighted by molar-refractivity contribution is 7.99. The van der Waals surface area contributed by atoms with Gasteiger partial charge in [-0.3, -0.25) is 9.59 Å². The number of carbonyl (C=O) groups is 2. The van der Waals surface area contributed by atoms with Gasteiger partial charge in [0.15, 0.2) is 11.0 Å². The fourth-order valence-electron chi connectivity index (χ4n) is 3.14. The van der Waals surface area contributed by atoms with Crippen LogP contribution in [-0.2, 0) is 11.3 Å². The summed E-state index contributed by atoms with van der Waals surface area (Å²) < 4.78 is 21.1. The van der Waals surface area contributed by atoms with Gasteiger partial charge in [-0.15, -0.1) is 10.2 Å². The lowest BCUT2D eigenvalue weighted by Gasteiger charge is -2.15. The molecule has 0 bridgehead atoms. The molecule has 1 atom stereocenters. The summed E-state index contributed by atoms with van der Waals surface area (Å²) in [4.78, 5) is 24.8. The fraction of sp³-hybridized carbons (Fsp3) is 0.304. The van der Waals surface area contributed by atoms with Crippen molar-refractivity contribution in [2.75, 3.05) is 17.7 Å². The van der Waals surface area contributed by atoms with E-state index in [1.165, 1.54) is 30.0 Å². The zero-order valence-corrected chi connectivity index (χ0v) is 19.5. The lowest BCUT2D eigenvalue weighted by molar-refractivity contribution is -0.113. The van der Waals surface area contributed by atoms with E-state index in [4.69, 9.17) is 4.74 Å². The Bertz CT molecular complexity index is 1100. The van der Waals surface area contributed by atoms with E-state index in [1.807, 2.05) is 18.4 Å². The van der Waals surface area contributed by atoms with Gasteiger partial charge in [-0.05, 0) is 57.2 Å². The fourth-order valence-corrected chi connectivity index (χ4v) is 3.95. The van der Waals surface area contributed by atoms with Crippen LogP contribution in [0.25, 0.3) is 0 Å². The van der Waals surface area contributed by atoms with Crippen LogP contribution in [0.1, 0.15) is 43.0 Å². The first kappa shape index (κ1) is 24.2. The van der Waals surface area contributed by atoms with Crippen LogP contribution in [0.2, 0.25) is 0 Å². The highest BCUT2D eigenvalue weighted by Crippen LogP contribution is 2.22. The molecule has 0 saturated heterocycles. The van der Waals surface area contributed by atoms with Gasteiger partial charge in [-0.2, -0.15) is 0 Å². The largest absolute Gasteiger partial charge is 0.494 e. The highest BCUT2D eigenvalue weighted by Gasteiger charge is 2.21. The average molecular weight is 472 g/mol. The molecule has 0 radical (unpaired) electrons. The molecule has 3 rings (SSSR count). The van der Waals surface area contributed by atoms with E-state index in [1.54, 1.807) is 37.3 Å². The molecular formula is C23H26FN5O3S. The molecular weight excluding hydrogens is 445 g/mol. The molecule has 8 nitrogen and oxygen atoms in total. The van der Waals surface area contributed by atoms with Gasteiger partial charge < -0.3 is 19.9 Å². The second-order valence-corrected chi connectivity index (χ2v) is 8.00. The van der Waals surface area contributed by atoms with E-state index in [0.29, 0.717) is 29.8 Å². The molecule has 0 fully saturated rings. The van der Waals surface area contributed by atoms with Gasteiger partial charge in [0.1, 0.15) is 11.6 Å². The van der Waals surface area contributed by atoms with Crippen molar-refractivity contribution in [3.05, 3.63) is 65.7 Å². The third-order valence-electron chi connectivity index (χ3n) is 4.70. The Kier molecular flexibility index (Phi) is 8.42. The summed E-state index contributed by atoms with van der Waals surface area (Å²) >= 11 is 1.25. The van der Waals surface area contributed by atoms with Crippen molar-refractivity contribution in [1.29, 1.82) is 0 Å². The van der Waals surface area contributed by atoms with Crippen molar-refractivity contribution in [3.8, 4) is 5.75 Å². The van der Waals surface area contributed by atoms with Gasteiger partial charge in [0.25, 0.3) is 5.91 Å². The number of thioether (sulfide) groups is 1. The molecule has 2 N–H and O–H groups in total. The van der Waals surface area contributed by atoms with Gasteiger partial charge >= 0.3 is 0 Å². The van der Waals surface area contributed by atoms with Crippen LogP contribution >= 0.6 is 11.8 Å². The SMILES string of the molecule is CCOc1ccc(NC(=O)CSc2nnc([C@@H](C)NC(=O)c3ccccc3F)n2CC)cc1. The van der Waals surface area contributed by atoms with Crippen molar-refractivity contribution in [3.63, 3.8) is 0 Å². The maximum absolute atomic E-state index is 13.9. The number of nitrogens with zero attached hydrogens (tertiary/aromatic N) is 3. The summed E-state index contributed by atoms with van der Waals surface area (Å²) in [5.74, 6) is 0.101. The van der Waals surface area contributed by atoms with Gasteiger partial charge in [0.05, 0.1) is 24.0 Å². The number of nitrogens with one attached hydrogen (secondary N) is 2. The third-order valence-corrected chi connectivity index (χ3v) is 5.66. The van der Waals surface area contributed by atoms with E-state index in [-0.39, 0.29) is 17.2 Å². The molecule has 0 aliphatic rings. The molecule has 2 aromatic carbocycles. The van der Waals surface area contributed by atoms with Crippen molar-refractivity contribution in [2.24, 2.45) is 0 Å². The number of rotatable bonds is 10. The number of hydrogen-bond acceptors (Lipinski definition) is 6. The number of aromatic nitrogens is 3. The maximum atomic E-state index is 13.9. The van der Waals surface area contributed by atoms with Gasteiger partial charge in [0.2, 0.25) is 5.91 Å². The minimum Gasteiger partial charge on any atom is -0.494 e. The lowest BCUT2D eigenvalue weighted by atomic mass is 10.2. The number of amides is 2. The first-order chi connectivity index (χ1) is 15.9. The number of halogens is 1. The Morgan fingerprint density at radius 1 is 1.12 bits per heavy atom. The smallest absolute Gasteiger partial charge is 0.254 e. The van der Waals surface area contributed by atoms with E-state index < -0.39 is 17.8 Å². The molecule has 1 aromatic heterocycles. The lowest BCUT2D eigenvalue weighted by Crippen LogP contribution is -2.29. The Labute approximate surface area is 195 Å². The van der Waals surface area contributed by atoms with E-state index in [2.05, 4.69) is 20.8 Å². The average Bonchev–Trinajstić information content (AvgIpc) is 3.22. The maximum Gasteiger partial charge on any atom is 0.254 e. The third kappa shape index (κ3) is 6.32. The van der Waals surface area contributed by atoms with E-state index in [0.717, 1.165) is 5.75 Å². The molecule has 3 aromatic rings. The predicted octanol–water partition coefficient (Wildman–Crippen LogP) is 4.06. The van der Waals surface area contributed by atoms with Crippen molar-refractivity contribution in [2.45, 2.75) is 38.5 Å². The number of benzene rings is 2. The van der Waals surface area contributed by atoms with Crippen LogP contribution in [-0.4, -0.2) is 38.9 Å². The predicted molar refractivity (Wildman–Crippen MR) is 125 cm³/mol. The topological polar surface area (TPSA) is 98.1 Å². The monoisotopic (exact) mass is 471 g/mol. The Morgan fingerprint density at radius 3 is 2.52 bits per heavy atom. The minimum absolute atomic E-state index is 0.0347. The second kappa shape index (κ2) is 11.5. The number of anilines is 1. The summed E-state index contributed by atoms with van der Waals surface area (Å²) in [6.45, 7) is 6.70. The molecule has 0 aliphatic carbocycles. The molecule has 10 heteroatoms. The van der Waals surface area contributed by atoms with Crippen LogP contribution < -0.4 is 15.4 Å². The van der Waals surface area contributed by atoms with Crippen molar-refractivity contribution in [1.82, 2.24) is 20.1 Å². The second-order valence-electron chi connectivity index (χ2n) is 7.05. The molecule has 1 heterocycles. The number of hydrogen-bond donors (Lipinski definition) is 2. The van der Waals surface area contributed by atoms with Gasteiger partial charge in [-0.25, -0.2) is 4.39 Å². The summed E-state index contributed by atoms with van der Waals surface area (Å²) in [7, 11) is 0. The van der Waals surface area contributed by atoms with Crippen molar-refractivity contribution >= 4 is 29.3 Å². The Hall–Kier alpha value is -3.40. The first-order valence-corrected chi connectivity index (χ1v) is 11.6. The normalized spacial score (nSPS) is 11.6. The molecule has 174 valence electrons. The van der Waals surface area contributed by atoms with Crippen LogP contribution in [0.15, 0.2) is 53.7 Å². The quantitative estimate of drug-likeness (QED) is 0.433. The molecule has 0 unspecified atom stereocenters. The van der Waals surface area contributed by atoms with Gasteiger partial charge in [0, 0.05) is 12.2 Å². The standard InChI is InChI=1S/C23H26FN5O3S/c1-4-29-21(15(3)25-22(31)18-8-6-7-9-19(18)24)27-28-23(29)33-14-20(30)26-16-10-12-17(13-11-16)32-5-2/h6-13,15H,4-5,14H2,1-3H3,(H,25,31)(H,26,30)/t15-/m1/s1. The number of ether oxygens (including phenoxy) is 1. The summed E-state index contributed by atoms with van der Waals surface area (Å²) in [5, 5.41) is 14.5. The Balaban J connectivity index is 1.59. The molecule has 33 heavy (non-hydrogen) atoms. The summed E-state index contributed by atoms with van der Waals surface area (Å²) in [6, 6.07) is 12.4. The summed E-state index contributed by atoms with van der Waals surface area (Å²) in [6.07, 6.45) is 0. The van der Waals surface area contributed by atoms with Crippen LogP contribution in [0.3, 0.4) is 0 Å². The molecule has 2 amide bonds.